The summed E-state index contributed by atoms with van der Waals surface area (Å²) in [6.45, 7) is -0.166. The van der Waals surface area contributed by atoms with Crippen molar-refractivity contribution in [1.82, 2.24) is 0 Å². The number of hydrogen-bond donors (Lipinski definition) is 1. The second-order valence-corrected chi connectivity index (χ2v) is 5.62. The number of carbonyl (C=O) groups is 3. The zero-order chi connectivity index (χ0) is 19.4. The van der Waals surface area contributed by atoms with E-state index in [-0.39, 0.29) is 30.2 Å². The monoisotopic (exact) mass is 364 g/mol. The molecule has 1 aromatic carbocycles. The Morgan fingerprint density at radius 3 is 2.35 bits per heavy atom. The summed E-state index contributed by atoms with van der Waals surface area (Å²) in [5.41, 5.74) is 0.867. The molecular weight excluding hydrogens is 344 g/mol. The second-order valence-electron chi connectivity index (χ2n) is 5.62. The van der Waals surface area contributed by atoms with Gasteiger partial charge < -0.3 is 29.1 Å². The third kappa shape index (κ3) is 3.62. The van der Waals surface area contributed by atoms with Gasteiger partial charge in [0, 0.05) is 19.8 Å². The SMILES string of the molecule is COC(=O)C1=C(C(=O)OC)N(c2ccc(N(C)C)c(C(=O)O)c2)COC1. The van der Waals surface area contributed by atoms with Crippen LogP contribution in [0.4, 0.5) is 11.4 Å². The molecule has 0 aromatic heterocycles. The molecule has 0 amide bonds. The first-order valence-electron chi connectivity index (χ1n) is 7.61. The lowest BCUT2D eigenvalue weighted by Crippen LogP contribution is -2.38. The number of carbonyl (C=O) groups excluding carboxylic acids is 2. The van der Waals surface area contributed by atoms with Crippen LogP contribution in [0.2, 0.25) is 0 Å². The first-order chi connectivity index (χ1) is 12.3. The highest BCUT2D eigenvalue weighted by molar-refractivity contribution is 6.04. The van der Waals surface area contributed by atoms with Crippen LogP contribution >= 0.6 is 0 Å². The Bertz CT molecular complexity index is 770. The van der Waals surface area contributed by atoms with Gasteiger partial charge in [-0.25, -0.2) is 14.4 Å². The highest BCUT2D eigenvalue weighted by Crippen LogP contribution is 2.30. The maximum Gasteiger partial charge on any atom is 0.355 e. The minimum Gasteiger partial charge on any atom is -0.478 e. The van der Waals surface area contributed by atoms with Crippen molar-refractivity contribution >= 4 is 29.3 Å². The van der Waals surface area contributed by atoms with Crippen LogP contribution < -0.4 is 9.80 Å². The Kier molecular flexibility index (Phi) is 5.83. The van der Waals surface area contributed by atoms with Crippen molar-refractivity contribution in [3.8, 4) is 0 Å². The van der Waals surface area contributed by atoms with Crippen LogP contribution in [0.5, 0.6) is 0 Å². The zero-order valence-electron chi connectivity index (χ0n) is 14.9. The molecule has 2 rings (SSSR count). The minimum absolute atomic E-state index is 0.000777. The Morgan fingerprint density at radius 2 is 1.81 bits per heavy atom. The van der Waals surface area contributed by atoms with Gasteiger partial charge in [0.1, 0.15) is 12.4 Å². The molecule has 140 valence electrons. The molecule has 0 aliphatic carbocycles. The van der Waals surface area contributed by atoms with E-state index < -0.39 is 17.9 Å². The summed E-state index contributed by atoms with van der Waals surface area (Å²) in [6.07, 6.45) is 0. The predicted molar refractivity (Wildman–Crippen MR) is 92.1 cm³/mol. The molecule has 9 heteroatoms. The first-order valence-corrected chi connectivity index (χ1v) is 7.61. The number of ether oxygens (including phenoxy) is 3. The van der Waals surface area contributed by atoms with Gasteiger partial charge in [-0.2, -0.15) is 0 Å². The van der Waals surface area contributed by atoms with E-state index in [0.717, 1.165) is 0 Å². The smallest absolute Gasteiger partial charge is 0.355 e. The fraction of sp³-hybridized carbons (Fsp3) is 0.353. The topological polar surface area (TPSA) is 106 Å². The molecule has 0 radical (unpaired) electrons. The second kappa shape index (κ2) is 7.87. The van der Waals surface area contributed by atoms with Crippen molar-refractivity contribution in [2.45, 2.75) is 0 Å². The van der Waals surface area contributed by atoms with E-state index in [1.54, 1.807) is 31.1 Å². The molecular formula is C17H20N2O7. The van der Waals surface area contributed by atoms with Crippen molar-refractivity contribution in [1.29, 1.82) is 0 Å². The number of rotatable bonds is 5. The number of esters is 2. The van der Waals surface area contributed by atoms with Crippen molar-refractivity contribution in [3.63, 3.8) is 0 Å². The number of aromatic carboxylic acids is 1. The maximum atomic E-state index is 12.3. The van der Waals surface area contributed by atoms with E-state index in [4.69, 9.17) is 14.2 Å². The number of hydrogen-bond acceptors (Lipinski definition) is 8. The van der Waals surface area contributed by atoms with Crippen LogP contribution in [-0.2, 0) is 23.8 Å². The van der Waals surface area contributed by atoms with Crippen LogP contribution in [0.1, 0.15) is 10.4 Å². The van der Waals surface area contributed by atoms with Crippen LogP contribution in [0, 0.1) is 0 Å². The third-order valence-electron chi connectivity index (χ3n) is 3.84. The van der Waals surface area contributed by atoms with Gasteiger partial charge in [-0.1, -0.05) is 0 Å². The normalized spacial score (nSPS) is 14.1. The molecule has 0 unspecified atom stereocenters. The van der Waals surface area contributed by atoms with Crippen LogP contribution in [0.3, 0.4) is 0 Å². The summed E-state index contributed by atoms with van der Waals surface area (Å²) in [6, 6.07) is 4.65. The summed E-state index contributed by atoms with van der Waals surface area (Å²) in [5, 5.41) is 9.48. The van der Waals surface area contributed by atoms with E-state index in [1.807, 2.05) is 0 Å². The maximum absolute atomic E-state index is 12.3. The predicted octanol–water partition coefficient (Wildman–Crippen LogP) is 0.845. The average molecular weight is 364 g/mol. The van der Waals surface area contributed by atoms with E-state index in [9.17, 15) is 19.5 Å². The van der Waals surface area contributed by atoms with Crippen LogP contribution in [0.15, 0.2) is 29.5 Å². The van der Waals surface area contributed by atoms with Crippen molar-refractivity contribution in [2.24, 2.45) is 0 Å². The lowest BCUT2D eigenvalue weighted by atomic mass is 10.1. The lowest BCUT2D eigenvalue weighted by molar-refractivity contribution is -0.140. The van der Waals surface area contributed by atoms with Gasteiger partial charge >= 0.3 is 17.9 Å². The third-order valence-corrected chi connectivity index (χ3v) is 3.84. The van der Waals surface area contributed by atoms with Crippen LogP contribution in [-0.4, -0.2) is 64.7 Å². The molecule has 1 aromatic rings. The van der Waals surface area contributed by atoms with Crippen molar-refractivity contribution in [2.75, 3.05) is 51.5 Å². The quantitative estimate of drug-likeness (QED) is 0.761. The zero-order valence-corrected chi connectivity index (χ0v) is 14.9. The summed E-state index contributed by atoms with van der Waals surface area (Å²) in [7, 11) is 5.83. The van der Waals surface area contributed by atoms with E-state index >= 15 is 0 Å². The highest BCUT2D eigenvalue weighted by atomic mass is 16.5. The summed E-state index contributed by atoms with van der Waals surface area (Å²) >= 11 is 0. The fourth-order valence-electron chi connectivity index (χ4n) is 2.60. The van der Waals surface area contributed by atoms with Gasteiger partial charge in [-0.05, 0) is 18.2 Å². The molecule has 0 saturated carbocycles. The Hall–Kier alpha value is -3.07. The Morgan fingerprint density at radius 1 is 1.15 bits per heavy atom. The van der Waals surface area contributed by atoms with E-state index in [0.29, 0.717) is 11.4 Å². The van der Waals surface area contributed by atoms with Gasteiger partial charge in [0.15, 0.2) is 0 Å². The molecule has 1 heterocycles. The number of nitrogens with zero attached hydrogens (tertiary/aromatic N) is 2. The Balaban J connectivity index is 2.61. The molecule has 9 nitrogen and oxygen atoms in total. The molecule has 26 heavy (non-hydrogen) atoms. The standard InChI is InChI=1S/C17H20N2O7/c1-18(2)13-6-5-10(7-11(13)15(20)21)19-9-26-8-12(16(22)24-3)14(19)17(23)25-4/h5-7H,8-9H2,1-4H3,(H,20,21). The summed E-state index contributed by atoms with van der Waals surface area (Å²) < 4.78 is 14.9. The number of carboxylic acid groups (broad SMARTS) is 1. The van der Waals surface area contributed by atoms with Crippen molar-refractivity contribution in [3.05, 3.63) is 35.0 Å². The molecule has 0 spiro atoms. The molecule has 0 fully saturated rings. The minimum atomic E-state index is -1.12. The lowest BCUT2D eigenvalue weighted by Gasteiger charge is -2.31. The average Bonchev–Trinajstić information content (AvgIpc) is 2.65. The number of anilines is 2. The molecule has 0 bridgehead atoms. The molecule has 0 atom stereocenters. The Labute approximate surface area is 150 Å². The number of methoxy groups -OCH3 is 2. The summed E-state index contributed by atoms with van der Waals surface area (Å²) in [4.78, 5) is 38.9. The van der Waals surface area contributed by atoms with Crippen molar-refractivity contribution < 1.29 is 33.7 Å². The molecule has 0 saturated heterocycles. The molecule has 1 aliphatic heterocycles. The van der Waals surface area contributed by atoms with Gasteiger partial charge in [0.05, 0.1) is 37.7 Å². The first kappa shape index (κ1) is 19.3. The number of benzene rings is 1. The fourth-order valence-corrected chi connectivity index (χ4v) is 2.60. The van der Waals surface area contributed by atoms with Gasteiger partial charge in [0.25, 0.3) is 0 Å². The molecule has 1 N–H and O–H groups in total. The highest BCUT2D eigenvalue weighted by Gasteiger charge is 2.33. The van der Waals surface area contributed by atoms with E-state index in [2.05, 4.69) is 0 Å². The van der Waals surface area contributed by atoms with Gasteiger partial charge in [0.2, 0.25) is 0 Å². The molecule has 1 aliphatic rings. The largest absolute Gasteiger partial charge is 0.478 e. The number of carboxylic acids is 1. The summed E-state index contributed by atoms with van der Waals surface area (Å²) in [5.74, 6) is -2.59. The van der Waals surface area contributed by atoms with Crippen LogP contribution in [0.25, 0.3) is 0 Å². The van der Waals surface area contributed by atoms with E-state index in [1.165, 1.54) is 25.2 Å². The van der Waals surface area contributed by atoms with Gasteiger partial charge in [-0.3, -0.25) is 0 Å². The van der Waals surface area contributed by atoms with Gasteiger partial charge in [-0.15, -0.1) is 0 Å².